The molecule has 0 radical (unpaired) electrons. The minimum Gasteiger partial charge on any atom is -0.383 e. The molecule has 0 rings (SSSR count). The zero-order valence-electron chi connectivity index (χ0n) is 7.73. The summed E-state index contributed by atoms with van der Waals surface area (Å²) < 4.78 is 45.7. The molecule has 0 unspecified atom stereocenters. The molecule has 0 aromatic rings. The Hall–Kier alpha value is -0.330. The largest absolute Gasteiger partial charge is 0.460 e. The maximum absolute atomic E-state index is 12.2. The van der Waals surface area contributed by atoms with E-state index in [9.17, 15) is 13.2 Å². The van der Waals surface area contributed by atoms with Crippen molar-refractivity contribution in [3.63, 3.8) is 0 Å². The highest BCUT2D eigenvalue weighted by Gasteiger charge is 2.36. The minimum absolute atomic E-state index is 0.0588. The lowest BCUT2D eigenvalue weighted by Gasteiger charge is -2.23. The summed E-state index contributed by atoms with van der Waals surface area (Å²) in [5, 5.41) is 0. The first kappa shape index (κ1) is 12.7. The topological polar surface area (TPSA) is 21.7 Å². The molecule has 0 spiro atoms. The molecule has 80 valence electrons. The molecule has 0 fully saturated rings. The number of nitrogens with zero attached hydrogens (tertiary/aromatic N) is 1. The number of methoxy groups -OCH3 is 2. The van der Waals surface area contributed by atoms with E-state index in [4.69, 9.17) is 0 Å². The Morgan fingerprint density at radius 3 is 1.62 bits per heavy atom. The van der Waals surface area contributed by atoms with Gasteiger partial charge in [0.15, 0.2) is 0 Å². The van der Waals surface area contributed by atoms with Crippen molar-refractivity contribution in [1.29, 1.82) is 0 Å². The first-order chi connectivity index (χ1) is 6.02. The third-order valence-corrected chi connectivity index (χ3v) is 1.49. The van der Waals surface area contributed by atoms with E-state index in [0.717, 1.165) is 0 Å². The van der Waals surface area contributed by atoms with Gasteiger partial charge in [0.1, 0.15) is 0 Å². The van der Waals surface area contributed by atoms with Crippen LogP contribution in [0.2, 0.25) is 0 Å². The van der Waals surface area contributed by atoms with Crippen LogP contribution in [0.3, 0.4) is 0 Å². The Morgan fingerprint density at radius 1 is 1.00 bits per heavy atom. The molecule has 0 aromatic heterocycles. The van der Waals surface area contributed by atoms with Crippen molar-refractivity contribution in [3.05, 3.63) is 0 Å². The number of rotatable bonds is 6. The van der Waals surface area contributed by atoms with E-state index in [0.29, 0.717) is 4.90 Å². The summed E-state index contributed by atoms with van der Waals surface area (Å²) in [6.07, 6.45) is -4.31. The van der Waals surface area contributed by atoms with Gasteiger partial charge in [0, 0.05) is 27.3 Å². The fraction of sp³-hybridized carbons (Fsp3) is 1.00. The van der Waals surface area contributed by atoms with Gasteiger partial charge in [-0.05, 0) is 0 Å². The predicted molar refractivity (Wildman–Crippen MR) is 41.4 cm³/mol. The molecule has 0 amide bonds. The van der Waals surface area contributed by atoms with Gasteiger partial charge in [-0.1, -0.05) is 0 Å². The zero-order valence-corrected chi connectivity index (χ0v) is 7.73. The van der Waals surface area contributed by atoms with Crippen molar-refractivity contribution in [1.82, 2.24) is 4.90 Å². The van der Waals surface area contributed by atoms with E-state index in [2.05, 4.69) is 9.47 Å². The highest BCUT2D eigenvalue weighted by Crippen LogP contribution is 2.20. The quantitative estimate of drug-likeness (QED) is 0.601. The van der Waals surface area contributed by atoms with Gasteiger partial charge in [0.25, 0.3) is 0 Å². The summed E-state index contributed by atoms with van der Waals surface area (Å²) in [5.74, 6) is 0. The molecule has 0 saturated carbocycles. The van der Waals surface area contributed by atoms with Crippen molar-refractivity contribution in [2.45, 2.75) is 6.30 Å². The van der Waals surface area contributed by atoms with Crippen LogP contribution in [0, 0.1) is 0 Å². The molecule has 0 aromatic carbocycles. The Bertz CT molecular complexity index is 121. The van der Waals surface area contributed by atoms with E-state index in [1.165, 1.54) is 14.2 Å². The second kappa shape index (κ2) is 6.17. The fourth-order valence-electron chi connectivity index (χ4n) is 0.768. The SMILES string of the molecule is COCCN(CCOC)C(F)(F)F. The number of halogens is 3. The van der Waals surface area contributed by atoms with Crippen LogP contribution in [0.25, 0.3) is 0 Å². The smallest absolute Gasteiger partial charge is 0.383 e. The second-order valence-electron chi connectivity index (χ2n) is 2.44. The number of ether oxygens (including phenoxy) is 2. The normalized spacial score (nSPS) is 12.5. The third kappa shape index (κ3) is 5.84. The van der Waals surface area contributed by atoms with Crippen molar-refractivity contribution >= 4 is 0 Å². The first-order valence-corrected chi connectivity index (χ1v) is 3.82. The van der Waals surface area contributed by atoms with Crippen LogP contribution in [0.15, 0.2) is 0 Å². The lowest BCUT2D eigenvalue weighted by atomic mass is 10.5. The monoisotopic (exact) mass is 201 g/mol. The highest BCUT2D eigenvalue weighted by molar-refractivity contribution is 4.59. The Balaban J connectivity index is 3.88. The summed E-state index contributed by atoms with van der Waals surface area (Å²) in [5.41, 5.74) is 0. The third-order valence-electron chi connectivity index (χ3n) is 1.49. The number of hydrogen-bond donors (Lipinski definition) is 0. The molecule has 0 heterocycles. The molecular formula is C7H14F3NO2. The van der Waals surface area contributed by atoms with Gasteiger partial charge in [0.2, 0.25) is 0 Å². The fourth-order valence-corrected chi connectivity index (χ4v) is 0.768. The van der Waals surface area contributed by atoms with Crippen molar-refractivity contribution < 1.29 is 22.6 Å². The highest BCUT2D eigenvalue weighted by atomic mass is 19.4. The molecule has 0 N–H and O–H groups in total. The van der Waals surface area contributed by atoms with Gasteiger partial charge in [-0.2, -0.15) is 13.2 Å². The lowest BCUT2D eigenvalue weighted by molar-refractivity contribution is -0.249. The molecular weight excluding hydrogens is 187 g/mol. The summed E-state index contributed by atoms with van der Waals surface area (Å²) >= 11 is 0. The summed E-state index contributed by atoms with van der Waals surface area (Å²) in [6, 6.07) is 0. The van der Waals surface area contributed by atoms with E-state index in [1.807, 2.05) is 0 Å². The summed E-state index contributed by atoms with van der Waals surface area (Å²) in [7, 11) is 2.73. The van der Waals surface area contributed by atoms with Gasteiger partial charge < -0.3 is 9.47 Å². The first-order valence-electron chi connectivity index (χ1n) is 3.82. The molecule has 0 aliphatic heterocycles. The van der Waals surface area contributed by atoms with Gasteiger partial charge in [0.05, 0.1) is 13.2 Å². The van der Waals surface area contributed by atoms with E-state index < -0.39 is 6.30 Å². The lowest BCUT2D eigenvalue weighted by Crippen LogP contribution is -2.42. The molecule has 6 heteroatoms. The van der Waals surface area contributed by atoms with Gasteiger partial charge in [-0.3, -0.25) is 0 Å². The molecule has 0 aliphatic rings. The maximum atomic E-state index is 12.2. The summed E-state index contributed by atoms with van der Waals surface area (Å²) in [6.45, 7) is -0.209. The molecule has 13 heavy (non-hydrogen) atoms. The average molecular weight is 201 g/mol. The van der Waals surface area contributed by atoms with Crippen molar-refractivity contribution in [2.24, 2.45) is 0 Å². The van der Waals surface area contributed by atoms with Gasteiger partial charge in [-0.25, -0.2) is 4.90 Å². The standard InChI is InChI=1S/C7H14F3NO2/c1-12-5-3-11(4-6-13-2)7(8,9)10/h3-6H2,1-2H3. The number of hydrogen-bond acceptors (Lipinski definition) is 3. The van der Waals surface area contributed by atoms with Crippen molar-refractivity contribution in [3.8, 4) is 0 Å². The van der Waals surface area contributed by atoms with Crippen molar-refractivity contribution in [2.75, 3.05) is 40.5 Å². The molecule has 3 nitrogen and oxygen atoms in total. The summed E-state index contributed by atoms with van der Waals surface area (Å²) in [4.78, 5) is 0.361. The predicted octanol–water partition coefficient (Wildman–Crippen LogP) is 1.10. The molecule has 0 aliphatic carbocycles. The zero-order chi connectivity index (χ0) is 10.3. The van der Waals surface area contributed by atoms with Crippen LogP contribution in [0.4, 0.5) is 13.2 Å². The van der Waals surface area contributed by atoms with Crippen LogP contribution in [-0.2, 0) is 9.47 Å². The van der Waals surface area contributed by atoms with Gasteiger partial charge >= 0.3 is 6.30 Å². The van der Waals surface area contributed by atoms with Crippen LogP contribution < -0.4 is 0 Å². The van der Waals surface area contributed by atoms with E-state index in [1.54, 1.807) is 0 Å². The Labute approximate surface area is 75.4 Å². The second-order valence-corrected chi connectivity index (χ2v) is 2.44. The molecule has 0 bridgehead atoms. The van der Waals surface area contributed by atoms with Crippen LogP contribution in [0.1, 0.15) is 0 Å². The molecule has 0 saturated heterocycles. The van der Waals surface area contributed by atoms with Gasteiger partial charge in [-0.15, -0.1) is 0 Å². The number of alkyl halides is 3. The average Bonchev–Trinajstić information content (AvgIpc) is 2.02. The van der Waals surface area contributed by atoms with Crippen LogP contribution >= 0.6 is 0 Å². The Morgan fingerprint density at radius 2 is 1.38 bits per heavy atom. The molecule has 0 atom stereocenters. The van der Waals surface area contributed by atoms with Crippen LogP contribution in [-0.4, -0.2) is 51.7 Å². The van der Waals surface area contributed by atoms with E-state index >= 15 is 0 Å². The maximum Gasteiger partial charge on any atom is 0.460 e. The Kier molecular flexibility index (Phi) is 6.02. The van der Waals surface area contributed by atoms with E-state index in [-0.39, 0.29) is 26.3 Å². The minimum atomic E-state index is -4.31. The van der Waals surface area contributed by atoms with Crippen LogP contribution in [0.5, 0.6) is 0 Å².